The lowest BCUT2D eigenvalue weighted by Gasteiger charge is -2.32. The van der Waals surface area contributed by atoms with E-state index in [0.29, 0.717) is 11.8 Å². The molecule has 5 nitrogen and oxygen atoms in total. The van der Waals surface area contributed by atoms with E-state index in [1.54, 1.807) is 0 Å². The van der Waals surface area contributed by atoms with E-state index < -0.39 is 0 Å². The van der Waals surface area contributed by atoms with Crippen LogP contribution in [0, 0.1) is 11.8 Å². The SMILES string of the molecule is CCCN1CCC(CNC(=O)NCC2CCN(Cc3ccccc3)CC2)C1. The van der Waals surface area contributed by atoms with E-state index in [1.165, 1.54) is 44.3 Å². The molecule has 2 N–H and O–H groups in total. The summed E-state index contributed by atoms with van der Waals surface area (Å²) in [6, 6.07) is 10.7. The molecule has 2 aliphatic heterocycles. The molecule has 2 amide bonds. The Balaban J connectivity index is 1.26. The van der Waals surface area contributed by atoms with Crippen LogP contribution in [0.4, 0.5) is 4.79 Å². The number of benzene rings is 1. The number of hydrogen-bond acceptors (Lipinski definition) is 3. The van der Waals surface area contributed by atoms with E-state index >= 15 is 0 Å². The van der Waals surface area contributed by atoms with Crippen molar-refractivity contribution in [3.63, 3.8) is 0 Å². The predicted octanol–water partition coefficient (Wildman–Crippen LogP) is 2.93. The van der Waals surface area contributed by atoms with Crippen molar-refractivity contribution in [3.05, 3.63) is 35.9 Å². The zero-order chi connectivity index (χ0) is 18.9. The number of nitrogens with zero attached hydrogens (tertiary/aromatic N) is 2. The number of amides is 2. The van der Waals surface area contributed by atoms with E-state index in [9.17, 15) is 4.79 Å². The van der Waals surface area contributed by atoms with Gasteiger partial charge in [0.1, 0.15) is 0 Å². The van der Waals surface area contributed by atoms with Gasteiger partial charge in [-0.2, -0.15) is 0 Å². The van der Waals surface area contributed by atoms with Crippen molar-refractivity contribution in [1.82, 2.24) is 20.4 Å². The molecule has 0 spiro atoms. The van der Waals surface area contributed by atoms with Gasteiger partial charge >= 0.3 is 6.03 Å². The number of rotatable bonds is 8. The van der Waals surface area contributed by atoms with Crippen LogP contribution in [0.5, 0.6) is 0 Å². The molecule has 5 heteroatoms. The summed E-state index contributed by atoms with van der Waals surface area (Å²) in [4.78, 5) is 17.1. The summed E-state index contributed by atoms with van der Waals surface area (Å²) >= 11 is 0. The van der Waals surface area contributed by atoms with Crippen LogP contribution in [0.25, 0.3) is 0 Å². The van der Waals surface area contributed by atoms with Crippen molar-refractivity contribution in [1.29, 1.82) is 0 Å². The average Bonchev–Trinajstić information content (AvgIpc) is 3.14. The van der Waals surface area contributed by atoms with Gasteiger partial charge in [0.2, 0.25) is 0 Å². The van der Waals surface area contributed by atoms with Crippen LogP contribution in [-0.4, -0.2) is 61.6 Å². The molecule has 1 unspecified atom stereocenters. The second-order valence-electron chi connectivity index (χ2n) is 8.25. The lowest BCUT2D eigenvalue weighted by Crippen LogP contribution is -2.43. The molecule has 0 saturated carbocycles. The first-order chi connectivity index (χ1) is 13.2. The van der Waals surface area contributed by atoms with Crippen molar-refractivity contribution in [3.8, 4) is 0 Å². The van der Waals surface area contributed by atoms with Crippen molar-refractivity contribution in [2.45, 2.75) is 39.2 Å². The zero-order valence-corrected chi connectivity index (χ0v) is 16.8. The maximum atomic E-state index is 12.1. The Morgan fingerprint density at radius 3 is 2.30 bits per heavy atom. The van der Waals surface area contributed by atoms with Crippen molar-refractivity contribution in [2.75, 3.05) is 45.8 Å². The van der Waals surface area contributed by atoms with Crippen LogP contribution in [-0.2, 0) is 6.54 Å². The highest BCUT2D eigenvalue weighted by Crippen LogP contribution is 2.18. The van der Waals surface area contributed by atoms with Gasteiger partial charge in [0.15, 0.2) is 0 Å². The fourth-order valence-electron chi connectivity index (χ4n) is 4.33. The Morgan fingerprint density at radius 1 is 0.963 bits per heavy atom. The van der Waals surface area contributed by atoms with Gasteiger partial charge in [-0.25, -0.2) is 4.79 Å². The Hall–Kier alpha value is -1.59. The highest BCUT2D eigenvalue weighted by Gasteiger charge is 2.23. The molecule has 3 rings (SSSR count). The monoisotopic (exact) mass is 372 g/mol. The zero-order valence-electron chi connectivity index (χ0n) is 16.8. The van der Waals surface area contributed by atoms with Crippen LogP contribution in [0.15, 0.2) is 30.3 Å². The van der Waals surface area contributed by atoms with E-state index in [0.717, 1.165) is 39.3 Å². The van der Waals surface area contributed by atoms with Crippen LogP contribution < -0.4 is 10.6 Å². The van der Waals surface area contributed by atoms with Crippen LogP contribution in [0.1, 0.15) is 38.2 Å². The van der Waals surface area contributed by atoms with Crippen LogP contribution in [0.2, 0.25) is 0 Å². The molecular formula is C22H36N4O. The first-order valence-corrected chi connectivity index (χ1v) is 10.7. The summed E-state index contributed by atoms with van der Waals surface area (Å²) in [6.45, 7) is 10.6. The third kappa shape index (κ3) is 6.82. The number of likely N-dealkylation sites (tertiary alicyclic amines) is 2. The van der Waals surface area contributed by atoms with Crippen molar-refractivity contribution < 1.29 is 4.79 Å². The summed E-state index contributed by atoms with van der Waals surface area (Å²) in [5.74, 6) is 1.22. The Morgan fingerprint density at radius 2 is 1.59 bits per heavy atom. The Kier molecular flexibility index (Phi) is 7.96. The van der Waals surface area contributed by atoms with Gasteiger partial charge in [-0.1, -0.05) is 37.3 Å². The maximum Gasteiger partial charge on any atom is 0.314 e. The number of urea groups is 1. The fraction of sp³-hybridized carbons (Fsp3) is 0.682. The van der Waals surface area contributed by atoms with Crippen molar-refractivity contribution in [2.24, 2.45) is 11.8 Å². The summed E-state index contributed by atoms with van der Waals surface area (Å²) in [5.41, 5.74) is 1.39. The minimum Gasteiger partial charge on any atom is -0.338 e. The van der Waals surface area contributed by atoms with E-state index in [2.05, 4.69) is 57.7 Å². The molecule has 1 atom stereocenters. The normalized spacial score (nSPS) is 22.0. The molecule has 0 radical (unpaired) electrons. The predicted molar refractivity (Wildman–Crippen MR) is 111 cm³/mol. The number of nitrogens with one attached hydrogen (secondary N) is 2. The molecule has 1 aromatic carbocycles. The lowest BCUT2D eigenvalue weighted by atomic mass is 9.96. The topological polar surface area (TPSA) is 47.6 Å². The molecule has 0 aliphatic carbocycles. The second-order valence-corrected chi connectivity index (χ2v) is 8.25. The number of hydrogen-bond donors (Lipinski definition) is 2. The highest BCUT2D eigenvalue weighted by atomic mass is 16.2. The summed E-state index contributed by atoms with van der Waals surface area (Å²) in [6.07, 6.45) is 4.76. The van der Waals surface area contributed by atoms with Gasteiger partial charge in [0, 0.05) is 26.2 Å². The molecule has 2 fully saturated rings. The third-order valence-corrected chi connectivity index (χ3v) is 5.97. The molecule has 1 aromatic rings. The van der Waals surface area contributed by atoms with Crippen LogP contribution >= 0.6 is 0 Å². The molecule has 0 bridgehead atoms. The van der Waals surface area contributed by atoms with E-state index in [-0.39, 0.29) is 6.03 Å². The number of carbonyl (C=O) groups is 1. The molecule has 2 heterocycles. The molecule has 2 aliphatic rings. The summed E-state index contributed by atoms with van der Waals surface area (Å²) in [5, 5.41) is 6.18. The summed E-state index contributed by atoms with van der Waals surface area (Å²) < 4.78 is 0. The largest absolute Gasteiger partial charge is 0.338 e. The van der Waals surface area contributed by atoms with Gasteiger partial charge in [-0.05, 0) is 69.3 Å². The molecule has 150 valence electrons. The second kappa shape index (κ2) is 10.7. The van der Waals surface area contributed by atoms with Gasteiger partial charge < -0.3 is 15.5 Å². The van der Waals surface area contributed by atoms with Crippen molar-refractivity contribution >= 4 is 6.03 Å². The Bertz CT molecular complexity index is 557. The maximum absolute atomic E-state index is 12.1. The first kappa shape index (κ1) is 20.2. The fourth-order valence-corrected chi connectivity index (χ4v) is 4.33. The molecule has 0 aromatic heterocycles. The third-order valence-electron chi connectivity index (χ3n) is 5.97. The molecule has 2 saturated heterocycles. The number of carbonyl (C=O) groups excluding carboxylic acids is 1. The van der Waals surface area contributed by atoms with Gasteiger partial charge in [-0.15, -0.1) is 0 Å². The summed E-state index contributed by atoms with van der Waals surface area (Å²) in [7, 11) is 0. The first-order valence-electron chi connectivity index (χ1n) is 10.7. The standard InChI is InChI=1S/C22H36N4O/c1-2-11-25-14-10-21(18-25)16-24-22(27)23-15-19-8-12-26(13-9-19)17-20-6-4-3-5-7-20/h3-7,19,21H,2,8-18H2,1H3,(H2,23,24,27). The Labute approximate surface area is 164 Å². The smallest absolute Gasteiger partial charge is 0.314 e. The minimum atomic E-state index is 0.00987. The average molecular weight is 373 g/mol. The van der Waals surface area contributed by atoms with Gasteiger partial charge in [-0.3, -0.25) is 4.90 Å². The van der Waals surface area contributed by atoms with E-state index in [4.69, 9.17) is 0 Å². The van der Waals surface area contributed by atoms with Gasteiger partial charge in [0.05, 0.1) is 0 Å². The lowest BCUT2D eigenvalue weighted by molar-refractivity contribution is 0.174. The quantitative estimate of drug-likeness (QED) is 0.738. The van der Waals surface area contributed by atoms with Gasteiger partial charge in [0.25, 0.3) is 0 Å². The van der Waals surface area contributed by atoms with E-state index in [1.807, 2.05) is 0 Å². The highest BCUT2D eigenvalue weighted by molar-refractivity contribution is 5.73. The molecule has 27 heavy (non-hydrogen) atoms. The van der Waals surface area contributed by atoms with Crippen LogP contribution in [0.3, 0.4) is 0 Å². The minimum absolute atomic E-state index is 0.00987. The molecular weight excluding hydrogens is 336 g/mol. The number of piperidine rings is 1.